The molecule has 1 aromatic rings. The molecule has 1 aromatic carbocycles. The molecule has 2 nitrogen and oxygen atoms in total. The maximum Gasteiger partial charge on any atom is 0.144 e. The lowest BCUT2D eigenvalue weighted by Crippen LogP contribution is -2.34. The highest BCUT2D eigenvalue weighted by Gasteiger charge is 2.39. The number of nitrogens with one attached hydrogen (secondary N) is 1. The van der Waals surface area contributed by atoms with Gasteiger partial charge < -0.3 is 5.32 Å². The smallest absolute Gasteiger partial charge is 0.144 e. The van der Waals surface area contributed by atoms with Crippen LogP contribution in [0.4, 0.5) is 4.39 Å². The standard InChI is InChI=1S/C14H17ClFNO/c1-2-14(6-7-17-9-14)13(18)8-10-11(15)4-3-5-12(10)16/h3-5,17H,2,6-9H2,1H3. The van der Waals surface area contributed by atoms with Crippen molar-refractivity contribution in [1.29, 1.82) is 0 Å². The minimum absolute atomic E-state index is 0.0844. The van der Waals surface area contributed by atoms with Crippen LogP contribution in [-0.2, 0) is 11.2 Å². The molecule has 18 heavy (non-hydrogen) atoms. The first-order chi connectivity index (χ1) is 8.59. The summed E-state index contributed by atoms with van der Waals surface area (Å²) in [6.45, 7) is 3.55. The van der Waals surface area contributed by atoms with Gasteiger partial charge in [-0.25, -0.2) is 4.39 Å². The van der Waals surface area contributed by atoms with Gasteiger partial charge in [-0.2, -0.15) is 0 Å². The first-order valence-corrected chi connectivity index (χ1v) is 6.64. The van der Waals surface area contributed by atoms with E-state index in [4.69, 9.17) is 11.6 Å². The van der Waals surface area contributed by atoms with Crippen LogP contribution in [0.3, 0.4) is 0 Å². The highest BCUT2D eigenvalue weighted by atomic mass is 35.5. The summed E-state index contributed by atoms with van der Waals surface area (Å²) < 4.78 is 13.7. The van der Waals surface area contributed by atoms with E-state index >= 15 is 0 Å². The van der Waals surface area contributed by atoms with Crippen molar-refractivity contribution < 1.29 is 9.18 Å². The van der Waals surface area contributed by atoms with E-state index in [1.54, 1.807) is 12.1 Å². The number of hydrogen-bond donors (Lipinski definition) is 1. The van der Waals surface area contributed by atoms with Gasteiger partial charge in [-0.05, 0) is 31.5 Å². The zero-order valence-corrected chi connectivity index (χ0v) is 11.2. The maximum absolute atomic E-state index is 13.7. The van der Waals surface area contributed by atoms with Crippen molar-refractivity contribution in [3.63, 3.8) is 0 Å². The second-order valence-electron chi connectivity index (χ2n) is 4.86. The molecule has 2 rings (SSSR count). The number of hydrogen-bond acceptors (Lipinski definition) is 2. The predicted molar refractivity (Wildman–Crippen MR) is 70.3 cm³/mol. The number of rotatable bonds is 4. The zero-order chi connectivity index (χ0) is 13.2. The lowest BCUT2D eigenvalue weighted by atomic mass is 9.78. The van der Waals surface area contributed by atoms with Crippen LogP contribution in [0.5, 0.6) is 0 Å². The number of ketones is 1. The Hall–Kier alpha value is -0.930. The Kier molecular flexibility index (Phi) is 4.03. The fraction of sp³-hybridized carbons (Fsp3) is 0.500. The van der Waals surface area contributed by atoms with Gasteiger partial charge in [0.05, 0.1) is 0 Å². The van der Waals surface area contributed by atoms with Crippen LogP contribution in [0.25, 0.3) is 0 Å². The molecule has 98 valence electrons. The minimum atomic E-state index is -0.395. The molecule has 0 aromatic heterocycles. The Bertz CT molecular complexity index is 435. The van der Waals surface area contributed by atoms with Crippen molar-refractivity contribution in [3.8, 4) is 0 Å². The predicted octanol–water partition coefficient (Wildman–Crippen LogP) is 2.98. The van der Waals surface area contributed by atoms with Gasteiger partial charge in [0, 0.05) is 29.0 Å². The second kappa shape index (κ2) is 5.37. The molecule has 4 heteroatoms. The van der Waals surface area contributed by atoms with E-state index in [0.717, 1.165) is 19.4 Å². The van der Waals surface area contributed by atoms with E-state index in [1.807, 2.05) is 6.92 Å². The summed E-state index contributed by atoms with van der Waals surface area (Å²) in [4.78, 5) is 12.4. The summed E-state index contributed by atoms with van der Waals surface area (Å²) in [5, 5.41) is 3.55. The van der Waals surface area contributed by atoms with Crippen LogP contribution in [0.15, 0.2) is 18.2 Å². The third-order valence-electron chi connectivity index (χ3n) is 3.91. The van der Waals surface area contributed by atoms with Crippen molar-refractivity contribution in [2.24, 2.45) is 5.41 Å². The Morgan fingerprint density at radius 3 is 2.89 bits per heavy atom. The number of carbonyl (C=O) groups is 1. The molecule has 1 aliphatic rings. The Balaban J connectivity index is 2.21. The van der Waals surface area contributed by atoms with Crippen LogP contribution in [0.2, 0.25) is 5.02 Å². The molecule has 0 radical (unpaired) electrons. The SMILES string of the molecule is CCC1(C(=O)Cc2c(F)cccc2Cl)CCNC1. The number of halogens is 2. The zero-order valence-electron chi connectivity index (χ0n) is 10.4. The number of carbonyl (C=O) groups excluding carboxylic acids is 1. The third kappa shape index (κ3) is 2.43. The molecular formula is C14H17ClFNO. The Morgan fingerprint density at radius 1 is 1.56 bits per heavy atom. The molecule has 0 spiro atoms. The van der Waals surface area contributed by atoms with Crippen molar-refractivity contribution >= 4 is 17.4 Å². The van der Waals surface area contributed by atoms with E-state index in [2.05, 4.69) is 5.32 Å². The lowest BCUT2D eigenvalue weighted by molar-refractivity contribution is -0.127. The molecular weight excluding hydrogens is 253 g/mol. The summed E-state index contributed by atoms with van der Waals surface area (Å²) >= 11 is 5.96. The Labute approximate surface area is 112 Å². The summed E-state index contributed by atoms with van der Waals surface area (Å²) in [7, 11) is 0. The van der Waals surface area contributed by atoms with Crippen LogP contribution in [0, 0.1) is 11.2 Å². The van der Waals surface area contributed by atoms with Gasteiger partial charge in [-0.15, -0.1) is 0 Å². The summed E-state index contributed by atoms with van der Waals surface area (Å²) in [5.41, 5.74) is -0.0186. The van der Waals surface area contributed by atoms with Gasteiger partial charge in [0.1, 0.15) is 11.6 Å². The van der Waals surface area contributed by atoms with Gasteiger partial charge >= 0.3 is 0 Å². The molecule has 0 amide bonds. The first kappa shape index (κ1) is 13.5. The van der Waals surface area contributed by atoms with Gasteiger partial charge in [-0.1, -0.05) is 24.6 Å². The van der Waals surface area contributed by atoms with Crippen LogP contribution in [-0.4, -0.2) is 18.9 Å². The molecule has 1 fully saturated rings. The maximum atomic E-state index is 13.7. The second-order valence-corrected chi connectivity index (χ2v) is 5.27. The molecule has 1 aliphatic heterocycles. The Morgan fingerprint density at radius 2 is 2.33 bits per heavy atom. The minimum Gasteiger partial charge on any atom is -0.316 e. The summed E-state index contributed by atoms with van der Waals surface area (Å²) in [5.74, 6) is -0.310. The number of Topliss-reactive ketones (excluding diaryl/α,β-unsaturated/α-hetero) is 1. The quantitative estimate of drug-likeness (QED) is 0.910. The van der Waals surface area contributed by atoms with E-state index in [9.17, 15) is 9.18 Å². The normalized spacial score (nSPS) is 23.3. The molecule has 0 saturated carbocycles. The summed E-state index contributed by atoms with van der Waals surface area (Å²) in [6, 6.07) is 4.52. The highest BCUT2D eigenvalue weighted by Crippen LogP contribution is 2.33. The largest absolute Gasteiger partial charge is 0.316 e. The van der Waals surface area contributed by atoms with Crippen molar-refractivity contribution in [1.82, 2.24) is 5.32 Å². The third-order valence-corrected chi connectivity index (χ3v) is 4.27. The van der Waals surface area contributed by atoms with Gasteiger partial charge in [-0.3, -0.25) is 4.79 Å². The van der Waals surface area contributed by atoms with E-state index in [-0.39, 0.29) is 17.6 Å². The van der Waals surface area contributed by atoms with Gasteiger partial charge in [0.25, 0.3) is 0 Å². The molecule has 1 atom stereocenters. The fourth-order valence-corrected chi connectivity index (χ4v) is 2.76. The van der Waals surface area contributed by atoms with Crippen molar-refractivity contribution in [3.05, 3.63) is 34.6 Å². The average Bonchev–Trinajstić information content (AvgIpc) is 2.84. The lowest BCUT2D eigenvalue weighted by Gasteiger charge is -2.25. The van der Waals surface area contributed by atoms with E-state index in [0.29, 0.717) is 17.1 Å². The first-order valence-electron chi connectivity index (χ1n) is 6.26. The van der Waals surface area contributed by atoms with Crippen molar-refractivity contribution in [2.75, 3.05) is 13.1 Å². The van der Waals surface area contributed by atoms with E-state index in [1.165, 1.54) is 6.07 Å². The molecule has 1 unspecified atom stereocenters. The average molecular weight is 270 g/mol. The van der Waals surface area contributed by atoms with Crippen LogP contribution < -0.4 is 5.32 Å². The number of benzene rings is 1. The summed E-state index contributed by atoms with van der Waals surface area (Å²) in [6.07, 6.45) is 1.69. The van der Waals surface area contributed by atoms with Gasteiger partial charge in [0.15, 0.2) is 0 Å². The molecule has 1 heterocycles. The molecule has 1 N–H and O–H groups in total. The van der Waals surface area contributed by atoms with Crippen LogP contribution in [0.1, 0.15) is 25.3 Å². The topological polar surface area (TPSA) is 29.1 Å². The molecule has 0 aliphatic carbocycles. The molecule has 1 saturated heterocycles. The monoisotopic (exact) mass is 269 g/mol. The fourth-order valence-electron chi connectivity index (χ4n) is 2.53. The molecule has 0 bridgehead atoms. The van der Waals surface area contributed by atoms with Crippen LogP contribution >= 0.6 is 11.6 Å². The van der Waals surface area contributed by atoms with Crippen molar-refractivity contribution in [2.45, 2.75) is 26.2 Å². The van der Waals surface area contributed by atoms with Gasteiger partial charge in [0.2, 0.25) is 0 Å². The highest BCUT2D eigenvalue weighted by molar-refractivity contribution is 6.31. The van der Waals surface area contributed by atoms with E-state index < -0.39 is 5.82 Å².